The largest absolute Gasteiger partial charge is 0.492 e. The molecule has 1 aliphatic rings. The monoisotopic (exact) mass is 432 g/mol. The lowest BCUT2D eigenvalue weighted by atomic mass is 10.1. The number of carbonyl (C=O) groups excluding carboxylic acids is 2. The first-order valence-electron chi connectivity index (χ1n) is 9.62. The number of sulfonamides is 1. The van der Waals surface area contributed by atoms with Gasteiger partial charge in [-0.15, -0.1) is 0 Å². The van der Waals surface area contributed by atoms with Crippen LogP contribution in [0.1, 0.15) is 35.7 Å². The van der Waals surface area contributed by atoms with Crippen molar-refractivity contribution < 1.29 is 27.5 Å². The molecule has 30 heavy (non-hydrogen) atoms. The third-order valence-corrected chi connectivity index (χ3v) is 5.95. The molecule has 9 heteroatoms. The third kappa shape index (κ3) is 5.58. The highest BCUT2D eigenvalue weighted by atomic mass is 32.2. The first-order valence-corrected chi connectivity index (χ1v) is 11.1. The Morgan fingerprint density at radius 3 is 2.57 bits per heavy atom. The molecular formula is C21H24N2O6S. The zero-order valence-electron chi connectivity index (χ0n) is 16.8. The summed E-state index contributed by atoms with van der Waals surface area (Å²) in [6, 6.07) is 11.1. The van der Waals surface area contributed by atoms with E-state index in [1.807, 2.05) is 6.92 Å². The van der Waals surface area contributed by atoms with Crippen molar-refractivity contribution >= 4 is 27.6 Å². The molecule has 0 saturated heterocycles. The molecule has 2 N–H and O–H groups in total. The molecule has 0 heterocycles. The van der Waals surface area contributed by atoms with E-state index >= 15 is 0 Å². The average molecular weight is 432 g/mol. The summed E-state index contributed by atoms with van der Waals surface area (Å²) in [7, 11) is -3.70. The first-order chi connectivity index (χ1) is 14.3. The van der Waals surface area contributed by atoms with Gasteiger partial charge in [0.2, 0.25) is 10.0 Å². The molecule has 2 aromatic rings. The van der Waals surface area contributed by atoms with E-state index in [9.17, 15) is 18.0 Å². The number of nitrogens with one attached hydrogen (secondary N) is 2. The first kappa shape index (κ1) is 21.8. The Bertz CT molecular complexity index is 1050. The van der Waals surface area contributed by atoms with Gasteiger partial charge in [0.05, 0.1) is 22.8 Å². The third-order valence-electron chi connectivity index (χ3n) is 4.43. The summed E-state index contributed by atoms with van der Waals surface area (Å²) in [6.07, 6.45) is 1.61. The highest BCUT2D eigenvalue weighted by Gasteiger charge is 2.28. The second-order valence-corrected chi connectivity index (χ2v) is 8.64. The fraction of sp³-hybridized carbons (Fsp3) is 0.333. The molecule has 0 atom stereocenters. The Hall–Kier alpha value is -2.91. The molecule has 1 saturated carbocycles. The molecule has 0 spiro atoms. The van der Waals surface area contributed by atoms with E-state index in [-0.39, 0.29) is 16.5 Å². The second kappa shape index (κ2) is 9.27. The van der Waals surface area contributed by atoms with Gasteiger partial charge in [-0.3, -0.25) is 4.79 Å². The van der Waals surface area contributed by atoms with E-state index in [1.54, 1.807) is 31.2 Å². The number of para-hydroxylation sites is 2. The predicted molar refractivity (Wildman–Crippen MR) is 111 cm³/mol. The highest BCUT2D eigenvalue weighted by Crippen LogP contribution is 2.24. The van der Waals surface area contributed by atoms with Gasteiger partial charge in [-0.2, -0.15) is 0 Å². The van der Waals surface area contributed by atoms with Gasteiger partial charge < -0.3 is 14.8 Å². The zero-order chi connectivity index (χ0) is 21.7. The van der Waals surface area contributed by atoms with Crippen molar-refractivity contribution in [1.82, 2.24) is 4.72 Å². The Morgan fingerprint density at radius 1 is 1.13 bits per heavy atom. The Kier molecular flexibility index (Phi) is 6.73. The molecule has 2 aromatic carbocycles. The van der Waals surface area contributed by atoms with Crippen LogP contribution in [0.5, 0.6) is 5.75 Å². The van der Waals surface area contributed by atoms with Crippen molar-refractivity contribution in [2.75, 3.05) is 18.5 Å². The summed E-state index contributed by atoms with van der Waals surface area (Å²) in [5.41, 5.74) is 1.11. The van der Waals surface area contributed by atoms with Gasteiger partial charge in [0.25, 0.3) is 5.91 Å². The van der Waals surface area contributed by atoms with Crippen LogP contribution in [0.2, 0.25) is 0 Å². The fourth-order valence-electron chi connectivity index (χ4n) is 2.72. The van der Waals surface area contributed by atoms with E-state index in [0.29, 0.717) is 23.6 Å². The summed E-state index contributed by atoms with van der Waals surface area (Å²) in [5.74, 6) is -0.798. The number of ether oxygens (including phenoxy) is 2. The molecule has 0 unspecified atom stereocenters. The van der Waals surface area contributed by atoms with Gasteiger partial charge >= 0.3 is 5.97 Å². The standard InChI is InChI=1S/C21H24N2O6S/c1-3-28-19-7-5-4-6-18(19)22-20(24)13-29-21(25)17-12-16(11-8-14(17)2)30(26,27)23-15-9-10-15/h4-8,11-12,15,23H,3,9-10,13H2,1-2H3,(H,22,24). The van der Waals surface area contributed by atoms with Gasteiger partial charge in [-0.1, -0.05) is 18.2 Å². The van der Waals surface area contributed by atoms with Crippen LogP contribution in [0.3, 0.4) is 0 Å². The summed E-state index contributed by atoms with van der Waals surface area (Å²) in [5, 5.41) is 2.63. The average Bonchev–Trinajstić information content (AvgIpc) is 3.51. The van der Waals surface area contributed by atoms with Gasteiger partial charge in [-0.05, 0) is 56.5 Å². The lowest BCUT2D eigenvalue weighted by molar-refractivity contribution is -0.119. The van der Waals surface area contributed by atoms with Crippen molar-refractivity contribution in [2.24, 2.45) is 0 Å². The molecule has 0 bridgehead atoms. The second-order valence-electron chi connectivity index (χ2n) is 6.93. The van der Waals surface area contributed by atoms with E-state index < -0.39 is 28.5 Å². The fourth-order valence-corrected chi connectivity index (χ4v) is 4.05. The summed E-state index contributed by atoms with van der Waals surface area (Å²) in [6.45, 7) is 3.42. The van der Waals surface area contributed by atoms with Crippen LogP contribution < -0.4 is 14.8 Å². The van der Waals surface area contributed by atoms with Crippen molar-refractivity contribution in [2.45, 2.75) is 37.6 Å². The molecule has 3 rings (SSSR count). The maximum Gasteiger partial charge on any atom is 0.338 e. The molecular weight excluding hydrogens is 408 g/mol. The van der Waals surface area contributed by atoms with Crippen molar-refractivity contribution in [3.63, 3.8) is 0 Å². The van der Waals surface area contributed by atoms with Crippen molar-refractivity contribution in [3.8, 4) is 5.75 Å². The summed E-state index contributed by atoms with van der Waals surface area (Å²) < 4.78 is 37.9. The summed E-state index contributed by atoms with van der Waals surface area (Å²) >= 11 is 0. The molecule has 0 aliphatic heterocycles. The topological polar surface area (TPSA) is 111 Å². The Labute approximate surface area is 175 Å². The van der Waals surface area contributed by atoms with Gasteiger partial charge in [0.1, 0.15) is 5.75 Å². The molecule has 1 amide bonds. The normalized spacial score (nSPS) is 13.5. The molecule has 0 aromatic heterocycles. The molecule has 8 nitrogen and oxygen atoms in total. The Morgan fingerprint density at radius 2 is 1.87 bits per heavy atom. The van der Waals surface area contributed by atoms with Crippen LogP contribution in [-0.4, -0.2) is 39.5 Å². The van der Waals surface area contributed by atoms with Crippen LogP contribution in [-0.2, 0) is 19.6 Å². The van der Waals surface area contributed by atoms with Gasteiger partial charge in [0.15, 0.2) is 6.61 Å². The van der Waals surface area contributed by atoms with Crippen molar-refractivity contribution in [1.29, 1.82) is 0 Å². The van der Waals surface area contributed by atoms with Crippen LogP contribution in [0.25, 0.3) is 0 Å². The van der Waals surface area contributed by atoms with Crippen molar-refractivity contribution in [3.05, 3.63) is 53.6 Å². The minimum atomic E-state index is -3.70. The number of esters is 1. The number of aryl methyl sites for hydroxylation is 1. The number of anilines is 1. The van der Waals surface area contributed by atoms with Gasteiger partial charge in [0, 0.05) is 6.04 Å². The predicted octanol–water partition coefficient (Wildman–Crippen LogP) is 2.63. The number of carbonyl (C=O) groups is 2. The van der Waals surface area contributed by atoms with Gasteiger partial charge in [-0.25, -0.2) is 17.9 Å². The SMILES string of the molecule is CCOc1ccccc1NC(=O)COC(=O)c1cc(S(=O)(=O)NC2CC2)ccc1C. The maximum absolute atomic E-state index is 12.5. The lowest BCUT2D eigenvalue weighted by Gasteiger charge is -2.12. The number of hydrogen-bond acceptors (Lipinski definition) is 6. The molecule has 1 aliphatic carbocycles. The molecule has 160 valence electrons. The number of rotatable bonds is 9. The number of hydrogen-bond donors (Lipinski definition) is 2. The quantitative estimate of drug-likeness (QED) is 0.590. The van der Waals surface area contributed by atoms with E-state index in [2.05, 4.69) is 10.0 Å². The Balaban J connectivity index is 1.64. The van der Waals surface area contributed by atoms with Crippen LogP contribution >= 0.6 is 0 Å². The maximum atomic E-state index is 12.5. The number of benzene rings is 2. The molecule has 0 radical (unpaired) electrons. The van der Waals surface area contributed by atoms with E-state index in [0.717, 1.165) is 12.8 Å². The molecule has 1 fully saturated rings. The smallest absolute Gasteiger partial charge is 0.338 e. The minimum absolute atomic E-state index is 0.0120. The van der Waals surface area contributed by atoms with Crippen LogP contribution in [0, 0.1) is 6.92 Å². The van der Waals surface area contributed by atoms with E-state index in [4.69, 9.17) is 9.47 Å². The lowest BCUT2D eigenvalue weighted by Crippen LogP contribution is -2.26. The minimum Gasteiger partial charge on any atom is -0.492 e. The number of amides is 1. The zero-order valence-corrected chi connectivity index (χ0v) is 17.6. The van der Waals surface area contributed by atoms with Crippen LogP contribution in [0.4, 0.5) is 5.69 Å². The van der Waals surface area contributed by atoms with E-state index in [1.165, 1.54) is 18.2 Å². The summed E-state index contributed by atoms with van der Waals surface area (Å²) in [4.78, 5) is 24.6. The highest BCUT2D eigenvalue weighted by molar-refractivity contribution is 7.89. The van der Waals surface area contributed by atoms with Crippen LogP contribution in [0.15, 0.2) is 47.4 Å².